The van der Waals surface area contributed by atoms with Crippen LogP contribution in [0.4, 0.5) is 8.78 Å². The van der Waals surface area contributed by atoms with E-state index >= 15 is 0 Å². The molecule has 1 N–H and O–H groups in total. The van der Waals surface area contributed by atoms with Gasteiger partial charge in [0.1, 0.15) is 17.4 Å². The summed E-state index contributed by atoms with van der Waals surface area (Å²) in [6, 6.07) is 12.0. The molecule has 3 saturated heterocycles. The Bertz CT molecular complexity index is 1040. The van der Waals surface area contributed by atoms with Crippen molar-refractivity contribution in [2.75, 3.05) is 45.9 Å². The summed E-state index contributed by atoms with van der Waals surface area (Å²) in [7, 11) is 0. The molecular formula is C27H34F2N4O2. The highest BCUT2D eigenvalue weighted by Crippen LogP contribution is 2.28. The second-order valence-electron chi connectivity index (χ2n) is 10.0. The summed E-state index contributed by atoms with van der Waals surface area (Å²) >= 11 is 0. The van der Waals surface area contributed by atoms with Crippen LogP contribution in [0.2, 0.25) is 0 Å². The number of ether oxygens (including phenoxy) is 1. The molecule has 0 spiro atoms. The molecule has 3 fully saturated rings. The van der Waals surface area contributed by atoms with Crippen LogP contribution < -0.4 is 4.74 Å². The summed E-state index contributed by atoms with van der Waals surface area (Å²) < 4.78 is 34.2. The Morgan fingerprint density at radius 2 is 1.86 bits per heavy atom. The van der Waals surface area contributed by atoms with Crippen molar-refractivity contribution in [1.82, 2.24) is 14.7 Å². The van der Waals surface area contributed by atoms with Gasteiger partial charge < -0.3 is 14.8 Å². The van der Waals surface area contributed by atoms with E-state index in [2.05, 4.69) is 33.2 Å². The van der Waals surface area contributed by atoms with E-state index in [0.29, 0.717) is 25.6 Å². The Morgan fingerprint density at radius 3 is 2.69 bits per heavy atom. The van der Waals surface area contributed by atoms with Crippen LogP contribution >= 0.6 is 0 Å². The van der Waals surface area contributed by atoms with Gasteiger partial charge in [-0.2, -0.15) is 0 Å². The summed E-state index contributed by atoms with van der Waals surface area (Å²) in [6.45, 7) is 7.01. The zero-order valence-electron chi connectivity index (χ0n) is 20.1. The quantitative estimate of drug-likeness (QED) is 0.289. The second kappa shape index (κ2) is 10.9. The number of piperidine rings is 1. The van der Waals surface area contributed by atoms with Crippen LogP contribution in [-0.2, 0) is 6.54 Å². The molecule has 0 saturated carbocycles. The van der Waals surface area contributed by atoms with Crippen LogP contribution in [-0.4, -0.2) is 77.7 Å². The van der Waals surface area contributed by atoms with Crippen LogP contribution in [0.1, 0.15) is 36.8 Å². The number of nitrogens with zero attached hydrogens (tertiary/aromatic N) is 4. The van der Waals surface area contributed by atoms with Crippen LogP contribution in [0.25, 0.3) is 0 Å². The van der Waals surface area contributed by atoms with Crippen molar-refractivity contribution < 1.29 is 18.7 Å². The van der Waals surface area contributed by atoms with E-state index in [4.69, 9.17) is 4.74 Å². The molecule has 8 heteroatoms. The van der Waals surface area contributed by atoms with Gasteiger partial charge in [-0.25, -0.2) is 8.78 Å². The molecule has 2 atom stereocenters. The van der Waals surface area contributed by atoms with Crippen molar-refractivity contribution in [3.05, 3.63) is 65.2 Å². The maximum absolute atomic E-state index is 14.3. The van der Waals surface area contributed by atoms with Gasteiger partial charge in [0.15, 0.2) is 5.84 Å². The van der Waals surface area contributed by atoms with Crippen LogP contribution in [0.15, 0.2) is 47.6 Å². The first-order valence-electron chi connectivity index (χ1n) is 12.7. The lowest BCUT2D eigenvalue weighted by atomic mass is 9.91. The van der Waals surface area contributed by atoms with E-state index in [9.17, 15) is 14.0 Å². The summed E-state index contributed by atoms with van der Waals surface area (Å²) in [5, 5.41) is 12.9. The van der Waals surface area contributed by atoms with Crippen LogP contribution in [0.5, 0.6) is 5.75 Å². The third-order valence-electron chi connectivity index (χ3n) is 7.56. The normalized spacial score (nSPS) is 23.9. The molecule has 0 amide bonds. The molecule has 0 unspecified atom stereocenters. The molecule has 3 aliphatic heterocycles. The molecule has 0 radical (unpaired) electrons. The molecule has 0 bridgehead atoms. The fourth-order valence-corrected chi connectivity index (χ4v) is 5.69. The van der Waals surface area contributed by atoms with Gasteiger partial charge in [-0.1, -0.05) is 17.3 Å². The molecular weight excluding hydrogens is 450 g/mol. The summed E-state index contributed by atoms with van der Waals surface area (Å²) in [6.07, 6.45) is 4.62. The van der Waals surface area contributed by atoms with Crippen molar-refractivity contribution in [2.24, 2.45) is 11.1 Å². The number of fused-ring (bicyclic) bond motifs is 1. The standard InChI is InChI=1S/C27H34F2N4O2/c28-22-7-9-26(29)25(15-22)27(30-34)33-13-12-32-17-21(6-8-23(32)18-33)19-35-24-5-3-4-20(14-24)16-31-10-1-2-11-31/h3-5,7,9,14-15,21,23,34H,1-2,6,8,10-13,16-19H2/b30-27+/t21-,23+/m1/s1. The topological polar surface area (TPSA) is 51.5 Å². The summed E-state index contributed by atoms with van der Waals surface area (Å²) in [5.74, 6) is 0.345. The first-order valence-corrected chi connectivity index (χ1v) is 12.7. The first kappa shape index (κ1) is 24.0. The van der Waals surface area contributed by atoms with E-state index in [0.717, 1.165) is 56.4 Å². The largest absolute Gasteiger partial charge is 0.493 e. The molecule has 5 rings (SSSR count). The van der Waals surface area contributed by atoms with Crippen molar-refractivity contribution in [1.29, 1.82) is 0 Å². The summed E-state index contributed by atoms with van der Waals surface area (Å²) in [4.78, 5) is 6.81. The van der Waals surface area contributed by atoms with Gasteiger partial charge >= 0.3 is 0 Å². The highest BCUT2D eigenvalue weighted by molar-refractivity contribution is 5.98. The fraction of sp³-hybridized carbons (Fsp3) is 0.519. The van der Waals surface area contributed by atoms with Gasteiger partial charge in [0, 0.05) is 44.7 Å². The lowest BCUT2D eigenvalue weighted by molar-refractivity contribution is 0.0381. The average molecular weight is 485 g/mol. The SMILES string of the molecule is O/N=C(\c1cc(F)ccc1F)N1CCN2C[C@H](COc3cccc(CN4CCCC4)c3)CC[C@H]2C1. The predicted octanol–water partition coefficient (Wildman–Crippen LogP) is 4.17. The minimum absolute atomic E-state index is 0.00463. The monoisotopic (exact) mass is 484 g/mol. The van der Waals surface area contributed by atoms with E-state index in [1.54, 1.807) is 0 Å². The molecule has 3 aliphatic rings. The highest BCUT2D eigenvalue weighted by atomic mass is 19.1. The molecule has 2 aromatic carbocycles. The molecule has 35 heavy (non-hydrogen) atoms. The lowest BCUT2D eigenvalue weighted by Crippen LogP contribution is -2.58. The zero-order valence-corrected chi connectivity index (χ0v) is 20.1. The van der Waals surface area contributed by atoms with E-state index < -0.39 is 11.6 Å². The average Bonchev–Trinajstić information content (AvgIpc) is 3.38. The predicted molar refractivity (Wildman–Crippen MR) is 131 cm³/mol. The molecule has 3 heterocycles. The zero-order chi connectivity index (χ0) is 24.2. The number of oxime groups is 1. The van der Waals surface area contributed by atoms with Crippen molar-refractivity contribution in [2.45, 2.75) is 38.3 Å². The molecule has 0 aromatic heterocycles. The molecule has 6 nitrogen and oxygen atoms in total. The molecule has 188 valence electrons. The first-order chi connectivity index (χ1) is 17.1. The maximum atomic E-state index is 14.3. The van der Waals surface area contributed by atoms with E-state index in [1.165, 1.54) is 31.5 Å². The number of amidine groups is 1. The second-order valence-corrected chi connectivity index (χ2v) is 10.0. The number of piperazine rings is 1. The Kier molecular flexibility index (Phi) is 7.48. The maximum Gasteiger partial charge on any atom is 0.178 e. The number of rotatable bonds is 6. The Labute approximate surface area is 205 Å². The lowest BCUT2D eigenvalue weighted by Gasteiger charge is -2.46. The number of halogens is 2. The minimum Gasteiger partial charge on any atom is -0.493 e. The molecule has 2 aromatic rings. The highest BCUT2D eigenvalue weighted by Gasteiger charge is 2.35. The number of hydrogen-bond acceptors (Lipinski definition) is 5. The van der Waals surface area contributed by atoms with Gasteiger partial charge in [0.25, 0.3) is 0 Å². The van der Waals surface area contributed by atoms with Gasteiger partial charge in [-0.3, -0.25) is 9.80 Å². The van der Waals surface area contributed by atoms with Gasteiger partial charge in [0.2, 0.25) is 0 Å². The minimum atomic E-state index is -0.591. The summed E-state index contributed by atoms with van der Waals surface area (Å²) in [5.41, 5.74) is 1.30. The number of likely N-dealkylation sites (tertiary alicyclic amines) is 1. The van der Waals surface area contributed by atoms with Gasteiger partial charge in [0.05, 0.1) is 12.2 Å². The third-order valence-corrected chi connectivity index (χ3v) is 7.56. The Hall–Kier alpha value is -2.71. The van der Waals surface area contributed by atoms with E-state index in [-0.39, 0.29) is 17.4 Å². The number of hydrogen-bond donors (Lipinski definition) is 1. The smallest absolute Gasteiger partial charge is 0.178 e. The van der Waals surface area contributed by atoms with Crippen molar-refractivity contribution >= 4 is 5.84 Å². The molecule has 0 aliphatic carbocycles. The fourth-order valence-electron chi connectivity index (χ4n) is 5.69. The Morgan fingerprint density at radius 1 is 1.00 bits per heavy atom. The van der Waals surface area contributed by atoms with E-state index in [1.807, 2.05) is 11.0 Å². The van der Waals surface area contributed by atoms with Crippen molar-refractivity contribution in [3.8, 4) is 5.75 Å². The van der Waals surface area contributed by atoms with Crippen molar-refractivity contribution in [3.63, 3.8) is 0 Å². The Balaban J connectivity index is 1.13. The van der Waals surface area contributed by atoms with Gasteiger partial charge in [-0.15, -0.1) is 0 Å². The van der Waals surface area contributed by atoms with Gasteiger partial charge in [-0.05, 0) is 74.7 Å². The van der Waals surface area contributed by atoms with Crippen LogP contribution in [0, 0.1) is 17.6 Å². The van der Waals surface area contributed by atoms with Crippen LogP contribution in [0.3, 0.4) is 0 Å². The third kappa shape index (κ3) is 5.76. The number of benzene rings is 2.